The molecule has 0 aromatic carbocycles. The average Bonchev–Trinajstić information content (AvgIpc) is 2.78. The van der Waals surface area contributed by atoms with Gasteiger partial charge in [-0.25, -0.2) is 0 Å². The van der Waals surface area contributed by atoms with Crippen LogP contribution in [0.25, 0.3) is 0 Å². The van der Waals surface area contributed by atoms with Crippen molar-refractivity contribution in [3.63, 3.8) is 0 Å². The summed E-state index contributed by atoms with van der Waals surface area (Å²) in [6.45, 7) is 10.7. The van der Waals surface area contributed by atoms with Crippen LogP contribution in [0.3, 0.4) is 0 Å². The van der Waals surface area contributed by atoms with Crippen molar-refractivity contribution in [1.82, 2.24) is 10.2 Å². The van der Waals surface area contributed by atoms with Crippen molar-refractivity contribution in [2.24, 2.45) is 5.92 Å². The molecule has 0 amide bonds. The molecule has 0 heterocycles. The van der Waals surface area contributed by atoms with Gasteiger partial charge in [0.1, 0.15) is 0 Å². The summed E-state index contributed by atoms with van der Waals surface area (Å²) in [4.78, 5) is 2.78. The number of nitrogens with zero attached hydrogens (tertiary/aromatic N) is 1. The first kappa shape index (κ1) is 15.0. The van der Waals surface area contributed by atoms with Crippen LogP contribution in [-0.4, -0.2) is 36.6 Å². The molecule has 1 aliphatic carbocycles. The molecule has 2 unspecified atom stereocenters. The van der Waals surface area contributed by atoms with Gasteiger partial charge in [-0.05, 0) is 46.1 Å². The largest absolute Gasteiger partial charge is 0.317 e. The van der Waals surface area contributed by atoms with E-state index in [1.165, 1.54) is 38.6 Å². The lowest BCUT2D eigenvalue weighted by Gasteiger charge is -2.37. The SMILES string of the molecule is CNC(C)CC(C)N(CC(C)C)C1CCCC1. The predicted octanol–water partition coefficient (Wildman–Crippen LogP) is 3.27. The summed E-state index contributed by atoms with van der Waals surface area (Å²) in [6.07, 6.45) is 6.98. The molecule has 0 bridgehead atoms. The van der Waals surface area contributed by atoms with Crippen molar-refractivity contribution in [1.29, 1.82) is 0 Å². The Hall–Kier alpha value is -0.0800. The van der Waals surface area contributed by atoms with E-state index in [1.807, 2.05) is 0 Å². The van der Waals surface area contributed by atoms with E-state index >= 15 is 0 Å². The molecule has 2 heteroatoms. The van der Waals surface area contributed by atoms with Gasteiger partial charge in [0.15, 0.2) is 0 Å². The Balaban J connectivity index is 2.54. The van der Waals surface area contributed by atoms with Crippen LogP contribution in [0.4, 0.5) is 0 Å². The van der Waals surface area contributed by atoms with Crippen molar-refractivity contribution >= 4 is 0 Å². The van der Waals surface area contributed by atoms with E-state index in [-0.39, 0.29) is 0 Å². The van der Waals surface area contributed by atoms with E-state index < -0.39 is 0 Å². The standard InChI is InChI=1S/C15H32N2/c1-12(2)11-17(15-8-6-7-9-15)14(4)10-13(3)16-5/h12-16H,6-11H2,1-5H3. The third-order valence-corrected chi connectivity index (χ3v) is 4.12. The fraction of sp³-hybridized carbons (Fsp3) is 1.00. The fourth-order valence-corrected chi connectivity index (χ4v) is 3.11. The Morgan fingerprint density at radius 2 is 1.71 bits per heavy atom. The predicted molar refractivity (Wildman–Crippen MR) is 76.4 cm³/mol. The number of hydrogen-bond donors (Lipinski definition) is 1. The average molecular weight is 240 g/mol. The first-order valence-electron chi connectivity index (χ1n) is 7.47. The minimum atomic E-state index is 0.626. The second-order valence-corrected chi connectivity index (χ2v) is 6.30. The highest BCUT2D eigenvalue weighted by Crippen LogP contribution is 2.27. The van der Waals surface area contributed by atoms with Crippen LogP contribution in [0, 0.1) is 5.92 Å². The number of nitrogens with one attached hydrogen (secondary N) is 1. The van der Waals surface area contributed by atoms with Crippen LogP contribution in [0.2, 0.25) is 0 Å². The van der Waals surface area contributed by atoms with Gasteiger partial charge in [0, 0.05) is 24.7 Å². The normalized spacial score (nSPS) is 21.4. The van der Waals surface area contributed by atoms with Gasteiger partial charge in [0.05, 0.1) is 0 Å². The molecule has 0 saturated heterocycles. The Kier molecular flexibility index (Phi) is 6.50. The Bertz CT molecular complexity index is 197. The monoisotopic (exact) mass is 240 g/mol. The van der Waals surface area contributed by atoms with Crippen LogP contribution in [0.5, 0.6) is 0 Å². The van der Waals surface area contributed by atoms with Crippen molar-refractivity contribution in [2.45, 2.75) is 77.9 Å². The molecule has 0 aromatic heterocycles. The van der Waals surface area contributed by atoms with E-state index in [0.717, 1.165) is 12.0 Å². The summed E-state index contributed by atoms with van der Waals surface area (Å²) >= 11 is 0. The highest BCUT2D eigenvalue weighted by molar-refractivity contribution is 4.83. The second kappa shape index (κ2) is 7.38. The van der Waals surface area contributed by atoms with E-state index in [2.05, 4.69) is 45.0 Å². The molecule has 0 aliphatic heterocycles. The van der Waals surface area contributed by atoms with Gasteiger partial charge in [-0.15, -0.1) is 0 Å². The zero-order chi connectivity index (χ0) is 12.8. The molecule has 1 N–H and O–H groups in total. The van der Waals surface area contributed by atoms with Crippen LogP contribution in [0.15, 0.2) is 0 Å². The van der Waals surface area contributed by atoms with Gasteiger partial charge < -0.3 is 5.32 Å². The Morgan fingerprint density at radius 1 is 1.12 bits per heavy atom. The molecule has 1 fully saturated rings. The second-order valence-electron chi connectivity index (χ2n) is 6.30. The summed E-state index contributed by atoms with van der Waals surface area (Å²) < 4.78 is 0. The molecule has 2 nitrogen and oxygen atoms in total. The highest BCUT2D eigenvalue weighted by Gasteiger charge is 2.27. The summed E-state index contributed by atoms with van der Waals surface area (Å²) in [5.41, 5.74) is 0. The summed E-state index contributed by atoms with van der Waals surface area (Å²) in [6, 6.07) is 2.19. The third kappa shape index (κ3) is 4.97. The summed E-state index contributed by atoms with van der Waals surface area (Å²) in [5.74, 6) is 0.781. The van der Waals surface area contributed by atoms with Gasteiger partial charge in [-0.3, -0.25) is 4.90 Å². The topological polar surface area (TPSA) is 15.3 Å². The first-order valence-corrected chi connectivity index (χ1v) is 7.47. The van der Waals surface area contributed by atoms with Gasteiger partial charge in [0.25, 0.3) is 0 Å². The molecular formula is C15H32N2. The molecule has 1 rings (SSSR count). The van der Waals surface area contributed by atoms with E-state index in [1.54, 1.807) is 0 Å². The molecule has 0 spiro atoms. The lowest BCUT2D eigenvalue weighted by molar-refractivity contribution is 0.116. The zero-order valence-electron chi connectivity index (χ0n) is 12.5. The maximum absolute atomic E-state index is 3.37. The van der Waals surface area contributed by atoms with Gasteiger partial charge >= 0.3 is 0 Å². The highest BCUT2D eigenvalue weighted by atomic mass is 15.2. The molecule has 1 saturated carbocycles. The lowest BCUT2D eigenvalue weighted by atomic mass is 10.0. The molecule has 102 valence electrons. The fourth-order valence-electron chi connectivity index (χ4n) is 3.11. The zero-order valence-corrected chi connectivity index (χ0v) is 12.5. The van der Waals surface area contributed by atoms with Gasteiger partial charge in [-0.2, -0.15) is 0 Å². The van der Waals surface area contributed by atoms with E-state index in [0.29, 0.717) is 12.1 Å². The Labute approximate surface area is 108 Å². The van der Waals surface area contributed by atoms with Crippen molar-refractivity contribution in [3.05, 3.63) is 0 Å². The van der Waals surface area contributed by atoms with Crippen molar-refractivity contribution < 1.29 is 0 Å². The molecule has 0 aromatic rings. The molecular weight excluding hydrogens is 208 g/mol. The van der Waals surface area contributed by atoms with Crippen LogP contribution in [0.1, 0.15) is 59.8 Å². The molecule has 1 aliphatic rings. The Morgan fingerprint density at radius 3 is 2.18 bits per heavy atom. The molecule has 2 atom stereocenters. The summed E-state index contributed by atoms with van der Waals surface area (Å²) in [5, 5.41) is 3.37. The summed E-state index contributed by atoms with van der Waals surface area (Å²) in [7, 11) is 2.07. The van der Waals surface area contributed by atoms with E-state index in [9.17, 15) is 0 Å². The minimum absolute atomic E-state index is 0.626. The third-order valence-electron chi connectivity index (χ3n) is 4.12. The smallest absolute Gasteiger partial charge is 0.00982 e. The van der Waals surface area contributed by atoms with Crippen LogP contribution < -0.4 is 5.32 Å². The van der Waals surface area contributed by atoms with Gasteiger partial charge in [0.2, 0.25) is 0 Å². The van der Waals surface area contributed by atoms with Crippen LogP contribution in [-0.2, 0) is 0 Å². The lowest BCUT2D eigenvalue weighted by Crippen LogP contribution is -2.45. The van der Waals surface area contributed by atoms with Crippen LogP contribution >= 0.6 is 0 Å². The number of hydrogen-bond acceptors (Lipinski definition) is 2. The quantitative estimate of drug-likeness (QED) is 0.735. The van der Waals surface area contributed by atoms with Crippen molar-refractivity contribution in [2.75, 3.05) is 13.6 Å². The minimum Gasteiger partial charge on any atom is -0.317 e. The number of rotatable bonds is 7. The van der Waals surface area contributed by atoms with E-state index in [4.69, 9.17) is 0 Å². The molecule has 17 heavy (non-hydrogen) atoms. The van der Waals surface area contributed by atoms with Crippen molar-refractivity contribution in [3.8, 4) is 0 Å². The maximum Gasteiger partial charge on any atom is 0.00982 e. The van der Waals surface area contributed by atoms with Gasteiger partial charge in [-0.1, -0.05) is 26.7 Å². The maximum atomic E-state index is 3.37. The molecule has 0 radical (unpaired) electrons. The first-order chi connectivity index (χ1) is 8.04.